The average molecular weight is 349 g/mol. The molecule has 0 spiro atoms. The van der Waals surface area contributed by atoms with Gasteiger partial charge >= 0.3 is 5.63 Å². The third-order valence-electron chi connectivity index (χ3n) is 4.48. The van der Waals surface area contributed by atoms with Crippen molar-refractivity contribution in [2.24, 2.45) is 5.92 Å². The van der Waals surface area contributed by atoms with Crippen LogP contribution in [0.1, 0.15) is 24.0 Å². The Morgan fingerprint density at radius 1 is 1.12 bits per heavy atom. The Labute approximate surface area is 139 Å². The summed E-state index contributed by atoms with van der Waals surface area (Å²) in [5.74, 6) is -0.334. The molecule has 0 aliphatic carbocycles. The van der Waals surface area contributed by atoms with Crippen molar-refractivity contribution in [1.82, 2.24) is 0 Å². The SMILES string of the molecule is Cc1cc2oc(=O)cc(C)c2cc1NC(=O)C1CCS(=O)(=O)CC1. The van der Waals surface area contributed by atoms with Crippen molar-refractivity contribution >= 4 is 32.4 Å². The lowest BCUT2D eigenvalue weighted by Gasteiger charge is -2.21. The lowest BCUT2D eigenvalue weighted by molar-refractivity contribution is -0.120. The lowest BCUT2D eigenvalue weighted by atomic mass is 10.0. The molecule has 0 atom stereocenters. The molecule has 0 radical (unpaired) electrons. The van der Waals surface area contributed by atoms with Crippen molar-refractivity contribution in [2.45, 2.75) is 26.7 Å². The zero-order chi connectivity index (χ0) is 17.5. The largest absolute Gasteiger partial charge is 0.423 e. The fraction of sp³-hybridized carbons (Fsp3) is 0.412. The molecule has 0 saturated carbocycles. The highest BCUT2D eigenvalue weighted by Crippen LogP contribution is 2.27. The number of hydrogen-bond acceptors (Lipinski definition) is 5. The number of amides is 1. The van der Waals surface area contributed by atoms with Gasteiger partial charge in [0, 0.05) is 23.1 Å². The third kappa shape index (κ3) is 3.36. The first-order valence-corrected chi connectivity index (χ1v) is 9.64. The van der Waals surface area contributed by atoms with Crippen LogP contribution >= 0.6 is 0 Å². The molecular formula is C17H19NO5S. The van der Waals surface area contributed by atoms with E-state index in [9.17, 15) is 18.0 Å². The molecule has 1 aromatic carbocycles. The molecular weight excluding hydrogens is 330 g/mol. The van der Waals surface area contributed by atoms with Crippen LogP contribution in [-0.4, -0.2) is 25.8 Å². The minimum Gasteiger partial charge on any atom is -0.423 e. The molecule has 1 fully saturated rings. The first-order valence-electron chi connectivity index (χ1n) is 7.81. The number of carbonyl (C=O) groups is 1. The molecule has 0 bridgehead atoms. The summed E-state index contributed by atoms with van der Waals surface area (Å²) in [5.41, 5.74) is 2.30. The van der Waals surface area contributed by atoms with Gasteiger partial charge < -0.3 is 9.73 Å². The van der Waals surface area contributed by atoms with Crippen LogP contribution < -0.4 is 10.9 Å². The monoisotopic (exact) mass is 349 g/mol. The van der Waals surface area contributed by atoms with Crippen molar-refractivity contribution in [3.63, 3.8) is 0 Å². The van der Waals surface area contributed by atoms with E-state index in [1.54, 1.807) is 12.1 Å². The van der Waals surface area contributed by atoms with Gasteiger partial charge in [-0.15, -0.1) is 0 Å². The summed E-state index contributed by atoms with van der Waals surface area (Å²) in [6.07, 6.45) is 0.712. The van der Waals surface area contributed by atoms with E-state index >= 15 is 0 Å². The normalized spacial score (nSPS) is 17.8. The van der Waals surface area contributed by atoms with E-state index in [1.165, 1.54) is 6.07 Å². The molecule has 1 aliphatic heterocycles. The van der Waals surface area contributed by atoms with Crippen LogP contribution in [0.4, 0.5) is 5.69 Å². The number of hydrogen-bond donors (Lipinski definition) is 1. The average Bonchev–Trinajstić information content (AvgIpc) is 2.48. The van der Waals surface area contributed by atoms with Crippen molar-refractivity contribution in [3.8, 4) is 0 Å². The van der Waals surface area contributed by atoms with Gasteiger partial charge in [0.05, 0.1) is 11.5 Å². The van der Waals surface area contributed by atoms with Gasteiger partial charge in [-0.05, 0) is 49.9 Å². The van der Waals surface area contributed by atoms with Gasteiger partial charge in [0.25, 0.3) is 0 Å². The smallest absolute Gasteiger partial charge is 0.336 e. The number of fused-ring (bicyclic) bond motifs is 1. The molecule has 1 amide bonds. The number of nitrogens with one attached hydrogen (secondary N) is 1. The number of anilines is 1. The molecule has 1 N–H and O–H groups in total. The zero-order valence-electron chi connectivity index (χ0n) is 13.6. The predicted octanol–water partition coefficient (Wildman–Crippen LogP) is 2.17. The summed E-state index contributed by atoms with van der Waals surface area (Å²) >= 11 is 0. The summed E-state index contributed by atoms with van der Waals surface area (Å²) in [5, 5.41) is 3.65. The van der Waals surface area contributed by atoms with E-state index in [1.807, 2.05) is 13.8 Å². The molecule has 0 unspecified atom stereocenters. The first-order chi connectivity index (χ1) is 11.2. The van der Waals surface area contributed by atoms with Gasteiger partial charge in [-0.1, -0.05) is 0 Å². The maximum atomic E-state index is 12.4. The molecule has 2 heterocycles. The lowest BCUT2D eigenvalue weighted by Crippen LogP contribution is -2.32. The molecule has 1 saturated heterocycles. The number of benzene rings is 1. The van der Waals surface area contributed by atoms with Gasteiger partial charge in [0.2, 0.25) is 5.91 Å². The van der Waals surface area contributed by atoms with Crippen LogP contribution in [0, 0.1) is 19.8 Å². The van der Waals surface area contributed by atoms with Crippen molar-refractivity contribution in [1.29, 1.82) is 0 Å². The topological polar surface area (TPSA) is 93.4 Å². The molecule has 6 nitrogen and oxygen atoms in total. The number of rotatable bonds is 2. The predicted molar refractivity (Wildman–Crippen MR) is 92.0 cm³/mol. The molecule has 2 aromatic rings. The standard InChI is InChI=1S/C17H19NO5S/c1-10-8-16(19)23-15-7-11(2)14(9-13(10)15)18-17(20)12-3-5-24(21,22)6-4-12/h7-9,12H,3-6H2,1-2H3,(H,18,20). The van der Waals surface area contributed by atoms with Gasteiger partial charge in [-0.3, -0.25) is 4.79 Å². The van der Waals surface area contributed by atoms with Crippen LogP contribution in [0.3, 0.4) is 0 Å². The molecule has 24 heavy (non-hydrogen) atoms. The fourth-order valence-corrected chi connectivity index (χ4v) is 4.48. The van der Waals surface area contributed by atoms with E-state index in [-0.39, 0.29) is 23.3 Å². The summed E-state index contributed by atoms with van der Waals surface area (Å²) in [6.45, 7) is 3.63. The van der Waals surface area contributed by atoms with E-state index in [0.29, 0.717) is 24.1 Å². The first kappa shape index (κ1) is 16.7. The summed E-state index contributed by atoms with van der Waals surface area (Å²) in [7, 11) is -2.99. The molecule has 128 valence electrons. The van der Waals surface area contributed by atoms with Gasteiger partial charge in [-0.2, -0.15) is 0 Å². The van der Waals surface area contributed by atoms with E-state index in [0.717, 1.165) is 16.5 Å². The highest BCUT2D eigenvalue weighted by Gasteiger charge is 2.28. The second kappa shape index (κ2) is 6.05. The van der Waals surface area contributed by atoms with E-state index in [4.69, 9.17) is 4.42 Å². The van der Waals surface area contributed by atoms with Crippen LogP contribution in [0.25, 0.3) is 11.0 Å². The van der Waals surface area contributed by atoms with Crippen LogP contribution in [0.5, 0.6) is 0 Å². The molecule has 3 rings (SSSR count). The third-order valence-corrected chi connectivity index (χ3v) is 6.20. The Bertz CT molecular complexity index is 960. The van der Waals surface area contributed by atoms with Crippen molar-refractivity contribution in [2.75, 3.05) is 16.8 Å². The zero-order valence-corrected chi connectivity index (χ0v) is 14.4. The van der Waals surface area contributed by atoms with Gasteiger partial charge in [0.15, 0.2) is 0 Å². The Hall–Kier alpha value is -2.15. The van der Waals surface area contributed by atoms with Crippen LogP contribution in [0.2, 0.25) is 0 Å². The van der Waals surface area contributed by atoms with Gasteiger partial charge in [-0.25, -0.2) is 13.2 Å². The summed E-state index contributed by atoms with van der Waals surface area (Å²) < 4.78 is 28.1. The van der Waals surface area contributed by atoms with Gasteiger partial charge in [0.1, 0.15) is 15.4 Å². The Morgan fingerprint density at radius 3 is 2.46 bits per heavy atom. The second-order valence-corrected chi connectivity index (χ2v) is 8.63. The van der Waals surface area contributed by atoms with Crippen LogP contribution in [0.15, 0.2) is 27.4 Å². The summed E-state index contributed by atoms with van der Waals surface area (Å²) in [6, 6.07) is 4.93. The number of carbonyl (C=O) groups excluding carboxylic acids is 1. The highest BCUT2D eigenvalue weighted by atomic mass is 32.2. The molecule has 7 heteroatoms. The Kier molecular flexibility index (Phi) is 4.21. The number of aryl methyl sites for hydroxylation is 2. The van der Waals surface area contributed by atoms with E-state index in [2.05, 4.69) is 5.32 Å². The fourth-order valence-electron chi connectivity index (χ4n) is 2.99. The Morgan fingerprint density at radius 2 is 1.79 bits per heavy atom. The molecule has 1 aliphatic rings. The number of sulfone groups is 1. The maximum Gasteiger partial charge on any atom is 0.336 e. The van der Waals surface area contributed by atoms with Crippen LogP contribution in [-0.2, 0) is 14.6 Å². The highest BCUT2D eigenvalue weighted by molar-refractivity contribution is 7.91. The van der Waals surface area contributed by atoms with E-state index < -0.39 is 15.5 Å². The second-order valence-electron chi connectivity index (χ2n) is 6.33. The van der Waals surface area contributed by atoms with Crippen molar-refractivity contribution < 1.29 is 17.6 Å². The minimum atomic E-state index is -2.99. The summed E-state index contributed by atoms with van der Waals surface area (Å²) in [4.78, 5) is 23.9. The minimum absolute atomic E-state index is 0.0616. The quantitative estimate of drug-likeness (QED) is 0.839. The maximum absolute atomic E-state index is 12.4. The Balaban J connectivity index is 1.86. The molecule has 1 aromatic heterocycles. The van der Waals surface area contributed by atoms with Crippen molar-refractivity contribution in [3.05, 3.63) is 39.7 Å².